The maximum atomic E-state index is 4.09. The van der Waals surface area contributed by atoms with Gasteiger partial charge in [0.1, 0.15) is 0 Å². The Hall–Kier alpha value is -0.260. The molecule has 1 aliphatic carbocycles. The van der Waals surface area contributed by atoms with Gasteiger partial charge in [0.2, 0.25) is 0 Å². The summed E-state index contributed by atoms with van der Waals surface area (Å²) in [5.74, 6) is 0.889. The average Bonchev–Trinajstić information content (AvgIpc) is 2.31. The fourth-order valence-corrected chi connectivity index (χ4v) is 1.78. The third-order valence-electron chi connectivity index (χ3n) is 2.53. The standard InChI is InChI=1S/C10H18/c1-3-4-7-10-8-5-6-9(10)2/h10H,2-8H2,1H3/t10-/m1/s1. The molecular weight excluding hydrogens is 120 g/mol. The van der Waals surface area contributed by atoms with Crippen molar-refractivity contribution in [2.45, 2.75) is 45.4 Å². The van der Waals surface area contributed by atoms with Gasteiger partial charge in [-0.15, -0.1) is 0 Å². The normalized spacial score (nSPS) is 25.7. The summed E-state index contributed by atoms with van der Waals surface area (Å²) >= 11 is 0. The van der Waals surface area contributed by atoms with Gasteiger partial charge in [0, 0.05) is 0 Å². The van der Waals surface area contributed by atoms with E-state index in [9.17, 15) is 0 Å². The molecule has 0 bridgehead atoms. The van der Waals surface area contributed by atoms with Crippen molar-refractivity contribution in [3.63, 3.8) is 0 Å². The van der Waals surface area contributed by atoms with E-state index in [1.165, 1.54) is 44.1 Å². The second kappa shape index (κ2) is 3.80. The summed E-state index contributed by atoms with van der Waals surface area (Å²) < 4.78 is 0. The molecule has 0 spiro atoms. The van der Waals surface area contributed by atoms with Crippen LogP contribution in [0.3, 0.4) is 0 Å². The van der Waals surface area contributed by atoms with E-state index in [0.717, 1.165) is 5.92 Å². The Morgan fingerprint density at radius 1 is 1.60 bits per heavy atom. The van der Waals surface area contributed by atoms with Crippen LogP contribution in [0, 0.1) is 5.92 Å². The van der Waals surface area contributed by atoms with Crippen LogP contribution in [0.1, 0.15) is 45.4 Å². The van der Waals surface area contributed by atoms with Crippen LogP contribution in [0.4, 0.5) is 0 Å². The van der Waals surface area contributed by atoms with Crippen LogP contribution in [0.25, 0.3) is 0 Å². The minimum atomic E-state index is 0.889. The van der Waals surface area contributed by atoms with E-state index in [4.69, 9.17) is 0 Å². The Balaban J connectivity index is 2.20. The number of unbranched alkanes of at least 4 members (excludes halogenated alkanes) is 1. The molecule has 1 rings (SSSR count). The van der Waals surface area contributed by atoms with E-state index in [1.807, 2.05) is 0 Å². The van der Waals surface area contributed by atoms with Gasteiger partial charge in [-0.2, -0.15) is 0 Å². The number of allylic oxidation sites excluding steroid dienone is 1. The Morgan fingerprint density at radius 3 is 2.90 bits per heavy atom. The molecule has 0 N–H and O–H groups in total. The lowest BCUT2D eigenvalue weighted by Gasteiger charge is -2.08. The zero-order valence-corrected chi connectivity index (χ0v) is 7.03. The maximum absolute atomic E-state index is 4.09. The highest BCUT2D eigenvalue weighted by Crippen LogP contribution is 2.32. The molecule has 0 aromatic rings. The molecule has 1 atom stereocenters. The van der Waals surface area contributed by atoms with Crippen LogP contribution in [-0.4, -0.2) is 0 Å². The minimum absolute atomic E-state index is 0.889. The zero-order valence-electron chi connectivity index (χ0n) is 7.03. The third-order valence-corrected chi connectivity index (χ3v) is 2.53. The van der Waals surface area contributed by atoms with E-state index in [-0.39, 0.29) is 0 Å². The Morgan fingerprint density at radius 2 is 2.40 bits per heavy atom. The first-order valence-electron chi connectivity index (χ1n) is 4.52. The van der Waals surface area contributed by atoms with E-state index in [1.54, 1.807) is 0 Å². The van der Waals surface area contributed by atoms with Crippen molar-refractivity contribution < 1.29 is 0 Å². The van der Waals surface area contributed by atoms with Crippen LogP contribution < -0.4 is 0 Å². The van der Waals surface area contributed by atoms with Crippen LogP contribution in [0.2, 0.25) is 0 Å². The van der Waals surface area contributed by atoms with Crippen molar-refractivity contribution in [1.29, 1.82) is 0 Å². The highest BCUT2D eigenvalue weighted by Gasteiger charge is 2.17. The fraction of sp³-hybridized carbons (Fsp3) is 0.800. The number of hydrogen-bond donors (Lipinski definition) is 0. The van der Waals surface area contributed by atoms with Gasteiger partial charge in [-0.3, -0.25) is 0 Å². The highest BCUT2D eigenvalue weighted by atomic mass is 14.2. The summed E-state index contributed by atoms with van der Waals surface area (Å²) in [5.41, 5.74) is 1.52. The minimum Gasteiger partial charge on any atom is -0.0996 e. The van der Waals surface area contributed by atoms with Crippen molar-refractivity contribution >= 4 is 0 Å². The summed E-state index contributed by atoms with van der Waals surface area (Å²) in [6.07, 6.45) is 8.24. The molecule has 0 radical (unpaired) electrons. The lowest BCUT2D eigenvalue weighted by atomic mass is 9.98. The molecule has 0 saturated heterocycles. The average molecular weight is 138 g/mol. The van der Waals surface area contributed by atoms with Gasteiger partial charge in [0.05, 0.1) is 0 Å². The summed E-state index contributed by atoms with van der Waals surface area (Å²) in [6.45, 7) is 6.35. The van der Waals surface area contributed by atoms with E-state index < -0.39 is 0 Å². The van der Waals surface area contributed by atoms with Crippen molar-refractivity contribution in [2.75, 3.05) is 0 Å². The van der Waals surface area contributed by atoms with Gasteiger partial charge in [0.15, 0.2) is 0 Å². The zero-order chi connectivity index (χ0) is 7.40. The molecule has 1 aliphatic rings. The second-order valence-corrected chi connectivity index (χ2v) is 3.39. The maximum Gasteiger partial charge on any atom is -0.0206 e. The summed E-state index contributed by atoms with van der Waals surface area (Å²) in [7, 11) is 0. The largest absolute Gasteiger partial charge is 0.0996 e. The smallest absolute Gasteiger partial charge is 0.0206 e. The van der Waals surface area contributed by atoms with Crippen molar-refractivity contribution in [1.82, 2.24) is 0 Å². The Kier molecular flexibility index (Phi) is 2.98. The topological polar surface area (TPSA) is 0 Å². The van der Waals surface area contributed by atoms with Crippen LogP contribution in [0.15, 0.2) is 12.2 Å². The molecule has 0 amide bonds. The van der Waals surface area contributed by atoms with Gasteiger partial charge >= 0.3 is 0 Å². The molecule has 1 fully saturated rings. The SMILES string of the molecule is C=C1CCC[C@H]1CCCC. The summed E-state index contributed by atoms with van der Waals surface area (Å²) in [5, 5.41) is 0. The van der Waals surface area contributed by atoms with Crippen LogP contribution >= 0.6 is 0 Å². The summed E-state index contributed by atoms with van der Waals surface area (Å²) in [6, 6.07) is 0. The second-order valence-electron chi connectivity index (χ2n) is 3.39. The molecule has 0 aromatic carbocycles. The lowest BCUT2D eigenvalue weighted by Crippen LogP contribution is -1.94. The molecule has 58 valence electrons. The molecule has 0 heterocycles. The van der Waals surface area contributed by atoms with Gasteiger partial charge in [-0.05, 0) is 31.6 Å². The fourth-order valence-electron chi connectivity index (χ4n) is 1.78. The quantitative estimate of drug-likeness (QED) is 0.523. The van der Waals surface area contributed by atoms with Gasteiger partial charge in [0.25, 0.3) is 0 Å². The summed E-state index contributed by atoms with van der Waals surface area (Å²) in [4.78, 5) is 0. The molecule has 0 unspecified atom stereocenters. The monoisotopic (exact) mass is 138 g/mol. The Labute approximate surface area is 64.3 Å². The highest BCUT2D eigenvalue weighted by molar-refractivity contribution is 5.05. The first-order chi connectivity index (χ1) is 4.84. The lowest BCUT2D eigenvalue weighted by molar-refractivity contribution is 0.541. The molecule has 0 heteroatoms. The van der Waals surface area contributed by atoms with Crippen molar-refractivity contribution in [2.24, 2.45) is 5.92 Å². The predicted octanol–water partition coefficient (Wildman–Crippen LogP) is 3.53. The molecule has 1 saturated carbocycles. The van der Waals surface area contributed by atoms with Crippen LogP contribution in [-0.2, 0) is 0 Å². The molecule has 10 heavy (non-hydrogen) atoms. The number of hydrogen-bond acceptors (Lipinski definition) is 0. The van der Waals surface area contributed by atoms with Crippen molar-refractivity contribution in [3.05, 3.63) is 12.2 Å². The van der Waals surface area contributed by atoms with Gasteiger partial charge in [-0.25, -0.2) is 0 Å². The van der Waals surface area contributed by atoms with E-state index >= 15 is 0 Å². The van der Waals surface area contributed by atoms with Gasteiger partial charge < -0.3 is 0 Å². The molecular formula is C10H18. The first kappa shape index (κ1) is 7.84. The van der Waals surface area contributed by atoms with E-state index in [0.29, 0.717) is 0 Å². The van der Waals surface area contributed by atoms with Gasteiger partial charge in [-0.1, -0.05) is 31.9 Å². The van der Waals surface area contributed by atoms with E-state index in [2.05, 4.69) is 13.5 Å². The Bertz CT molecular complexity index is 113. The van der Waals surface area contributed by atoms with Crippen LogP contribution in [0.5, 0.6) is 0 Å². The third kappa shape index (κ3) is 1.86. The van der Waals surface area contributed by atoms with Crippen molar-refractivity contribution in [3.8, 4) is 0 Å². The first-order valence-corrected chi connectivity index (χ1v) is 4.52. The molecule has 0 aliphatic heterocycles. The molecule has 0 nitrogen and oxygen atoms in total. The number of rotatable bonds is 3. The predicted molar refractivity (Wildman–Crippen MR) is 46.0 cm³/mol. The molecule has 0 aromatic heterocycles.